The van der Waals surface area contributed by atoms with Crippen molar-refractivity contribution in [3.8, 4) is 28.3 Å². The number of hydrogen-bond acceptors (Lipinski definition) is 8. The van der Waals surface area contributed by atoms with E-state index in [4.69, 9.17) is 10.5 Å². The maximum absolute atomic E-state index is 12.6. The first-order valence-electron chi connectivity index (χ1n) is 8.96. The van der Waals surface area contributed by atoms with E-state index in [1.807, 2.05) is 0 Å². The summed E-state index contributed by atoms with van der Waals surface area (Å²) in [5.74, 6) is 0.0359. The molecule has 4 N–H and O–H groups in total. The zero-order valence-corrected chi connectivity index (χ0v) is 16.1. The molecule has 2 aromatic carbocycles. The Kier molecular flexibility index (Phi) is 5.40. The topological polar surface area (TPSA) is 129 Å². The van der Waals surface area contributed by atoms with Gasteiger partial charge in [-0.1, -0.05) is 6.07 Å². The van der Waals surface area contributed by atoms with Crippen molar-refractivity contribution in [3.05, 3.63) is 48.9 Å². The molecule has 2 aromatic heterocycles. The molecule has 0 spiro atoms. The van der Waals surface area contributed by atoms with Crippen LogP contribution in [0, 0.1) is 0 Å². The Balaban J connectivity index is 1.93. The van der Waals surface area contributed by atoms with Crippen molar-refractivity contribution in [1.29, 1.82) is 0 Å². The summed E-state index contributed by atoms with van der Waals surface area (Å²) < 4.78 is 36.1. The molecular formula is C19H16BF2N5O4. The fourth-order valence-corrected chi connectivity index (χ4v) is 3.24. The molecule has 0 unspecified atom stereocenters. The largest absolute Gasteiger partial charge is 0.497 e. The van der Waals surface area contributed by atoms with E-state index < -0.39 is 13.7 Å². The van der Waals surface area contributed by atoms with Crippen LogP contribution in [0.3, 0.4) is 0 Å². The molecule has 0 aliphatic carbocycles. The lowest BCUT2D eigenvalue weighted by molar-refractivity contribution is -0.0498. The van der Waals surface area contributed by atoms with E-state index in [2.05, 4.69) is 20.0 Å². The van der Waals surface area contributed by atoms with Crippen molar-refractivity contribution in [2.75, 3.05) is 12.8 Å². The number of halogens is 2. The van der Waals surface area contributed by atoms with Crippen molar-refractivity contribution in [2.45, 2.75) is 6.61 Å². The number of ether oxygens (including phenoxy) is 2. The number of alkyl halides is 2. The highest BCUT2D eigenvalue weighted by Crippen LogP contribution is 2.32. The molecule has 0 bridgehead atoms. The van der Waals surface area contributed by atoms with Crippen LogP contribution >= 0.6 is 0 Å². The fourth-order valence-electron chi connectivity index (χ4n) is 3.24. The van der Waals surface area contributed by atoms with Crippen LogP contribution in [0.5, 0.6) is 11.5 Å². The summed E-state index contributed by atoms with van der Waals surface area (Å²) in [7, 11) is -0.443. The highest BCUT2D eigenvalue weighted by molar-refractivity contribution is 6.60. The summed E-state index contributed by atoms with van der Waals surface area (Å²) in [5, 5.41) is 32.3. The van der Waals surface area contributed by atoms with Gasteiger partial charge in [-0.3, -0.25) is 0 Å². The highest BCUT2D eigenvalue weighted by atomic mass is 19.3. The molecule has 4 rings (SSSR count). The molecular weight excluding hydrogens is 411 g/mol. The molecule has 0 aliphatic heterocycles. The minimum Gasteiger partial charge on any atom is -0.497 e. The molecule has 4 aromatic rings. The maximum atomic E-state index is 12.6. The minimum absolute atomic E-state index is 0.108. The number of rotatable bonds is 6. The van der Waals surface area contributed by atoms with Crippen molar-refractivity contribution < 1.29 is 28.3 Å². The van der Waals surface area contributed by atoms with Gasteiger partial charge in [0.15, 0.2) is 5.75 Å². The Morgan fingerprint density at radius 2 is 1.97 bits per heavy atom. The van der Waals surface area contributed by atoms with Gasteiger partial charge in [0, 0.05) is 22.5 Å². The van der Waals surface area contributed by atoms with Gasteiger partial charge < -0.3 is 25.3 Å². The molecule has 9 nitrogen and oxygen atoms in total. The van der Waals surface area contributed by atoms with Gasteiger partial charge in [0.2, 0.25) is 0 Å². The van der Waals surface area contributed by atoms with Gasteiger partial charge >= 0.3 is 13.7 Å². The zero-order valence-electron chi connectivity index (χ0n) is 16.1. The van der Waals surface area contributed by atoms with Crippen LogP contribution in [0.4, 0.5) is 14.5 Å². The predicted octanol–water partition coefficient (Wildman–Crippen LogP) is 1.35. The quantitative estimate of drug-likeness (QED) is 0.394. The Bertz CT molecular complexity index is 1250. The Hall–Kier alpha value is -3.77. The normalized spacial score (nSPS) is 11.2. The highest BCUT2D eigenvalue weighted by Gasteiger charge is 2.22. The first-order valence-corrected chi connectivity index (χ1v) is 8.96. The number of nitrogens with zero attached hydrogens (tertiary/aromatic N) is 4. The summed E-state index contributed by atoms with van der Waals surface area (Å²) in [6.07, 6.45) is 3.86. The number of methoxy groups -OCH3 is 1. The van der Waals surface area contributed by atoms with E-state index >= 15 is 0 Å². The zero-order chi connectivity index (χ0) is 22.1. The number of nitrogen functional groups attached to an aromatic ring is 1. The Morgan fingerprint density at radius 3 is 2.68 bits per heavy atom. The van der Waals surface area contributed by atoms with Gasteiger partial charge in [-0.25, -0.2) is 4.68 Å². The molecule has 0 saturated carbocycles. The molecule has 0 atom stereocenters. The number of anilines is 1. The van der Waals surface area contributed by atoms with Crippen LogP contribution in [0.15, 0.2) is 48.9 Å². The molecule has 0 fully saturated rings. The van der Waals surface area contributed by atoms with Crippen molar-refractivity contribution >= 4 is 29.2 Å². The summed E-state index contributed by atoms with van der Waals surface area (Å²) in [5.41, 5.74) is 8.57. The molecule has 0 aliphatic rings. The molecule has 12 heteroatoms. The Labute approximate surface area is 174 Å². The van der Waals surface area contributed by atoms with Crippen LogP contribution in [-0.4, -0.2) is 50.9 Å². The Morgan fingerprint density at radius 1 is 1.16 bits per heavy atom. The van der Waals surface area contributed by atoms with Crippen LogP contribution < -0.4 is 20.7 Å². The summed E-state index contributed by atoms with van der Waals surface area (Å²) in [6.45, 7) is -3.00. The average Bonchev–Trinajstić information content (AvgIpc) is 3.20. The van der Waals surface area contributed by atoms with Gasteiger partial charge in [0.05, 0.1) is 42.6 Å². The van der Waals surface area contributed by atoms with Gasteiger partial charge in [0.1, 0.15) is 5.75 Å². The number of aromatic nitrogens is 4. The van der Waals surface area contributed by atoms with E-state index in [9.17, 15) is 18.8 Å². The molecule has 0 amide bonds. The van der Waals surface area contributed by atoms with Gasteiger partial charge in [-0.2, -0.15) is 24.1 Å². The second-order valence-electron chi connectivity index (χ2n) is 6.52. The summed E-state index contributed by atoms with van der Waals surface area (Å²) in [4.78, 5) is 0. The molecule has 0 saturated heterocycles. The molecule has 2 heterocycles. The first-order chi connectivity index (χ1) is 14.9. The molecule has 31 heavy (non-hydrogen) atoms. The van der Waals surface area contributed by atoms with Crippen molar-refractivity contribution in [2.24, 2.45) is 0 Å². The second-order valence-corrected chi connectivity index (χ2v) is 6.52. The van der Waals surface area contributed by atoms with Gasteiger partial charge in [0.25, 0.3) is 0 Å². The minimum atomic E-state index is -3.00. The van der Waals surface area contributed by atoms with Crippen molar-refractivity contribution in [1.82, 2.24) is 20.0 Å². The van der Waals surface area contributed by atoms with E-state index in [0.29, 0.717) is 33.4 Å². The third-order valence-electron chi connectivity index (χ3n) is 4.64. The third kappa shape index (κ3) is 3.98. The van der Waals surface area contributed by atoms with E-state index in [1.165, 1.54) is 36.3 Å². The number of fused-ring (bicyclic) bond motifs is 1. The number of hydrogen-bond donors (Lipinski definition) is 3. The number of nitrogens with two attached hydrogens (primary N) is 1. The second kappa shape index (κ2) is 8.16. The smallest absolute Gasteiger partial charge is 0.492 e. The fraction of sp³-hybridized carbons (Fsp3) is 0.105. The van der Waals surface area contributed by atoms with E-state index in [1.54, 1.807) is 18.2 Å². The van der Waals surface area contributed by atoms with E-state index in [0.717, 1.165) is 6.20 Å². The van der Waals surface area contributed by atoms with Crippen LogP contribution in [0.2, 0.25) is 0 Å². The first kappa shape index (κ1) is 20.5. The number of benzene rings is 2. The maximum Gasteiger partial charge on any atom is 0.492 e. The standard InChI is InChI=1S/C19H16BF2N5O4/c1-30-18-6-17(27-9-11(7-25-27)31-19(21)22)13(5-14(18)20(28)29)10-2-3-12-15(23)8-24-26-16(12)4-10/h2-9,19,28-29H,1H3,(H2,23,26). The van der Waals surface area contributed by atoms with Crippen LogP contribution in [0.25, 0.3) is 27.7 Å². The van der Waals surface area contributed by atoms with Crippen LogP contribution in [-0.2, 0) is 0 Å². The lowest BCUT2D eigenvalue weighted by atomic mass is 9.77. The SMILES string of the molecule is COc1cc(-n2cc(OC(F)F)cn2)c(-c2ccc3c(N)cnnc3c2)cc1B(O)O. The van der Waals surface area contributed by atoms with Crippen LogP contribution in [0.1, 0.15) is 0 Å². The lowest BCUT2D eigenvalue weighted by Crippen LogP contribution is -2.31. The lowest BCUT2D eigenvalue weighted by Gasteiger charge is -2.16. The van der Waals surface area contributed by atoms with Crippen molar-refractivity contribution in [3.63, 3.8) is 0 Å². The van der Waals surface area contributed by atoms with Gasteiger partial charge in [-0.15, -0.1) is 0 Å². The monoisotopic (exact) mass is 427 g/mol. The predicted molar refractivity (Wildman–Crippen MR) is 110 cm³/mol. The van der Waals surface area contributed by atoms with Gasteiger partial charge in [-0.05, 0) is 23.8 Å². The molecule has 0 radical (unpaired) electrons. The third-order valence-corrected chi connectivity index (χ3v) is 4.64. The average molecular weight is 427 g/mol. The summed E-state index contributed by atoms with van der Waals surface area (Å²) >= 11 is 0. The van der Waals surface area contributed by atoms with E-state index in [-0.39, 0.29) is 17.0 Å². The molecule has 158 valence electrons. The summed E-state index contributed by atoms with van der Waals surface area (Å²) in [6, 6.07) is 8.26.